The van der Waals surface area contributed by atoms with Gasteiger partial charge in [0, 0.05) is 17.8 Å². The molecule has 0 amide bonds. The van der Waals surface area contributed by atoms with Gasteiger partial charge >= 0.3 is 0 Å². The van der Waals surface area contributed by atoms with E-state index in [0.717, 1.165) is 0 Å². The van der Waals surface area contributed by atoms with E-state index < -0.39 is 0 Å². The number of carbonyl (C=O) groups is 1. The Kier molecular flexibility index (Phi) is 5.11. The summed E-state index contributed by atoms with van der Waals surface area (Å²) in [7, 11) is 0. The largest absolute Gasteiger partial charge is 0.483 e. The first kappa shape index (κ1) is 14.0. The number of H-pyrrole nitrogens is 1. The summed E-state index contributed by atoms with van der Waals surface area (Å²) in [6.07, 6.45) is 3.63. The summed E-state index contributed by atoms with van der Waals surface area (Å²) in [5, 5.41) is 6.89. The normalized spacial score (nSPS) is 11.3. The van der Waals surface area contributed by atoms with E-state index in [0.29, 0.717) is 5.92 Å². The third-order valence-corrected chi connectivity index (χ3v) is 3.10. The number of benzene rings is 1. The van der Waals surface area contributed by atoms with E-state index in [9.17, 15) is 0 Å². The Labute approximate surface area is 107 Å². The summed E-state index contributed by atoms with van der Waals surface area (Å²) >= 11 is 0. The van der Waals surface area contributed by atoms with Crippen LogP contribution in [0.1, 0.15) is 35.2 Å². The van der Waals surface area contributed by atoms with Crippen molar-refractivity contribution < 1.29 is 9.90 Å². The number of imidazole rings is 1. The Balaban J connectivity index is 0.000000492. The minimum Gasteiger partial charge on any atom is -0.483 e. The van der Waals surface area contributed by atoms with Crippen LogP contribution in [0.2, 0.25) is 0 Å². The monoisotopic (exact) mass is 246 g/mol. The fourth-order valence-corrected chi connectivity index (χ4v) is 1.91. The lowest BCUT2D eigenvalue weighted by molar-refractivity contribution is -0.122. The number of aryl methyl sites for hydroxylation is 1. The first-order chi connectivity index (χ1) is 8.61. The van der Waals surface area contributed by atoms with Crippen LogP contribution in [0.25, 0.3) is 0 Å². The predicted octanol–water partition coefficient (Wildman–Crippen LogP) is 2.88. The molecule has 1 atom stereocenters. The molecule has 96 valence electrons. The molecule has 0 spiro atoms. The van der Waals surface area contributed by atoms with Crippen LogP contribution in [0.5, 0.6) is 0 Å². The van der Waals surface area contributed by atoms with Gasteiger partial charge in [-0.05, 0) is 30.5 Å². The standard InChI is InChI=1S/C13H16N2.CH2O2/c1-9-5-4-6-12(10(9)2)11(3)13-7-14-8-15-13;2-1-3/h4-8,11H,1-3H3,(H,14,15);1H,(H,2,3)/t11-;/m0./s1. The van der Waals surface area contributed by atoms with Crippen LogP contribution in [-0.4, -0.2) is 21.5 Å². The lowest BCUT2D eigenvalue weighted by Gasteiger charge is -2.14. The molecule has 2 N–H and O–H groups in total. The summed E-state index contributed by atoms with van der Waals surface area (Å²) in [6.45, 7) is 6.28. The maximum Gasteiger partial charge on any atom is 0.290 e. The van der Waals surface area contributed by atoms with Crippen LogP contribution in [-0.2, 0) is 4.79 Å². The highest BCUT2D eigenvalue weighted by atomic mass is 16.3. The lowest BCUT2D eigenvalue weighted by Crippen LogP contribution is -2.00. The summed E-state index contributed by atoms with van der Waals surface area (Å²) in [5.74, 6) is 0.382. The molecule has 0 bridgehead atoms. The van der Waals surface area contributed by atoms with Gasteiger partial charge in [0.1, 0.15) is 0 Å². The number of carboxylic acid groups (broad SMARTS) is 1. The second-order valence-electron chi connectivity index (χ2n) is 4.12. The molecule has 0 fully saturated rings. The Morgan fingerprint density at radius 3 is 2.61 bits per heavy atom. The minimum atomic E-state index is -0.250. The average molecular weight is 246 g/mol. The SMILES string of the molecule is Cc1cccc([C@H](C)c2cnc[nH]2)c1C.O=CO. The molecule has 0 unspecified atom stereocenters. The zero-order chi connectivity index (χ0) is 13.5. The van der Waals surface area contributed by atoms with Gasteiger partial charge < -0.3 is 10.1 Å². The fourth-order valence-electron chi connectivity index (χ4n) is 1.91. The number of aromatic nitrogens is 2. The molecule has 18 heavy (non-hydrogen) atoms. The Hall–Kier alpha value is -2.10. The van der Waals surface area contributed by atoms with Crippen molar-refractivity contribution in [2.24, 2.45) is 0 Å². The quantitative estimate of drug-likeness (QED) is 0.801. The van der Waals surface area contributed by atoms with Crippen LogP contribution in [0.15, 0.2) is 30.7 Å². The summed E-state index contributed by atoms with van der Waals surface area (Å²) in [6, 6.07) is 6.46. The van der Waals surface area contributed by atoms with Crippen molar-refractivity contribution in [3.05, 3.63) is 53.1 Å². The Bertz CT molecular complexity index is 493. The molecule has 2 rings (SSSR count). The van der Waals surface area contributed by atoms with E-state index >= 15 is 0 Å². The van der Waals surface area contributed by atoms with Gasteiger partial charge in [0.05, 0.1) is 6.33 Å². The van der Waals surface area contributed by atoms with Gasteiger partial charge in [-0.2, -0.15) is 0 Å². The van der Waals surface area contributed by atoms with Crippen molar-refractivity contribution >= 4 is 6.47 Å². The highest BCUT2D eigenvalue weighted by Crippen LogP contribution is 2.26. The molecule has 4 heteroatoms. The van der Waals surface area contributed by atoms with Crippen molar-refractivity contribution in [1.29, 1.82) is 0 Å². The van der Waals surface area contributed by atoms with Gasteiger partial charge in [-0.25, -0.2) is 4.98 Å². The van der Waals surface area contributed by atoms with Gasteiger partial charge in [0.25, 0.3) is 6.47 Å². The highest BCUT2D eigenvalue weighted by Gasteiger charge is 2.12. The maximum absolute atomic E-state index is 8.36. The maximum atomic E-state index is 8.36. The molecular weight excluding hydrogens is 228 g/mol. The third kappa shape index (κ3) is 3.20. The molecule has 1 heterocycles. The Morgan fingerprint density at radius 2 is 2.06 bits per heavy atom. The van der Waals surface area contributed by atoms with E-state index in [1.165, 1.54) is 22.4 Å². The Morgan fingerprint density at radius 1 is 1.39 bits per heavy atom. The van der Waals surface area contributed by atoms with Crippen molar-refractivity contribution in [2.75, 3.05) is 0 Å². The number of aromatic amines is 1. The molecule has 4 nitrogen and oxygen atoms in total. The third-order valence-electron chi connectivity index (χ3n) is 3.10. The summed E-state index contributed by atoms with van der Waals surface area (Å²) in [4.78, 5) is 15.6. The van der Waals surface area contributed by atoms with Crippen molar-refractivity contribution in [1.82, 2.24) is 9.97 Å². The molecule has 0 saturated carbocycles. The van der Waals surface area contributed by atoms with E-state index in [-0.39, 0.29) is 6.47 Å². The molecule has 1 aromatic heterocycles. The van der Waals surface area contributed by atoms with Crippen LogP contribution in [0.3, 0.4) is 0 Å². The van der Waals surface area contributed by atoms with Crippen molar-refractivity contribution in [3.8, 4) is 0 Å². The van der Waals surface area contributed by atoms with E-state index in [2.05, 4.69) is 48.9 Å². The zero-order valence-electron chi connectivity index (χ0n) is 10.8. The van der Waals surface area contributed by atoms with Crippen molar-refractivity contribution in [3.63, 3.8) is 0 Å². The van der Waals surface area contributed by atoms with E-state index in [4.69, 9.17) is 9.90 Å². The minimum absolute atomic E-state index is 0.250. The number of nitrogens with one attached hydrogen (secondary N) is 1. The number of hydrogen-bond acceptors (Lipinski definition) is 2. The zero-order valence-corrected chi connectivity index (χ0v) is 10.8. The summed E-state index contributed by atoms with van der Waals surface area (Å²) in [5.41, 5.74) is 5.27. The summed E-state index contributed by atoms with van der Waals surface area (Å²) < 4.78 is 0. The topological polar surface area (TPSA) is 66.0 Å². The van der Waals surface area contributed by atoms with E-state index in [1.807, 2.05) is 6.20 Å². The molecule has 1 aromatic carbocycles. The van der Waals surface area contributed by atoms with E-state index in [1.54, 1.807) is 6.33 Å². The van der Waals surface area contributed by atoms with Crippen molar-refractivity contribution in [2.45, 2.75) is 26.7 Å². The van der Waals surface area contributed by atoms with Crippen LogP contribution in [0.4, 0.5) is 0 Å². The molecule has 0 aliphatic rings. The van der Waals surface area contributed by atoms with Gasteiger partial charge in [-0.15, -0.1) is 0 Å². The first-order valence-corrected chi connectivity index (χ1v) is 5.74. The van der Waals surface area contributed by atoms with Gasteiger partial charge in [-0.1, -0.05) is 25.1 Å². The van der Waals surface area contributed by atoms with Crippen LogP contribution < -0.4 is 0 Å². The smallest absolute Gasteiger partial charge is 0.290 e. The molecule has 0 aliphatic carbocycles. The van der Waals surface area contributed by atoms with Gasteiger partial charge in [-0.3, -0.25) is 4.79 Å². The lowest BCUT2D eigenvalue weighted by atomic mass is 9.92. The van der Waals surface area contributed by atoms with Crippen LogP contribution in [0, 0.1) is 13.8 Å². The first-order valence-electron chi connectivity index (χ1n) is 5.74. The number of nitrogens with zero attached hydrogens (tertiary/aromatic N) is 1. The number of hydrogen-bond donors (Lipinski definition) is 2. The molecule has 0 radical (unpaired) electrons. The second-order valence-corrected chi connectivity index (χ2v) is 4.12. The average Bonchev–Trinajstić information content (AvgIpc) is 2.86. The van der Waals surface area contributed by atoms with Gasteiger partial charge in [0.15, 0.2) is 0 Å². The van der Waals surface area contributed by atoms with Crippen LogP contribution >= 0.6 is 0 Å². The highest BCUT2D eigenvalue weighted by molar-refractivity contribution is 5.38. The fraction of sp³-hybridized carbons (Fsp3) is 0.286. The number of rotatable bonds is 2. The second kappa shape index (κ2) is 6.59. The van der Waals surface area contributed by atoms with Gasteiger partial charge in [0.2, 0.25) is 0 Å². The molecule has 0 aliphatic heterocycles. The molecule has 0 saturated heterocycles. The molecular formula is C14H18N2O2. The molecule has 2 aromatic rings. The predicted molar refractivity (Wildman–Crippen MR) is 70.7 cm³/mol.